The van der Waals surface area contributed by atoms with E-state index >= 15 is 0 Å². The highest BCUT2D eigenvalue weighted by Gasteiger charge is 2.36. The molecule has 6 heteroatoms. The SMILES string of the molecule is CC(C)(C)C(=O)N1CCCC[C@H]1c1nc(-c2cccc(Cl)c2)no1. The molecule has 0 aliphatic carbocycles. The second-order valence-electron chi connectivity index (χ2n) is 7.23. The van der Waals surface area contributed by atoms with Gasteiger partial charge in [0.05, 0.1) is 0 Å². The average Bonchev–Trinajstić information content (AvgIpc) is 3.03. The molecule has 0 bridgehead atoms. The number of benzene rings is 1. The van der Waals surface area contributed by atoms with Crippen molar-refractivity contribution >= 4 is 17.5 Å². The van der Waals surface area contributed by atoms with Crippen LogP contribution in [0.25, 0.3) is 11.4 Å². The highest BCUT2D eigenvalue weighted by Crippen LogP contribution is 2.34. The summed E-state index contributed by atoms with van der Waals surface area (Å²) >= 11 is 6.03. The normalized spacial score (nSPS) is 18.7. The predicted molar refractivity (Wildman–Crippen MR) is 92.5 cm³/mol. The number of hydrogen-bond acceptors (Lipinski definition) is 4. The van der Waals surface area contributed by atoms with Crippen molar-refractivity contribution in [1.29, 1.82) is 0 Å². The molecule has 1 amide bonds. The summed E-state index contributed by atoms with van der Waals surface area (Å²) in [5.41, 5.74) is 0.382. The van der Waals surface area contributed by atoms with E-state index < -0.39 is 5.41 Å². The molecule has 3 rings (SSSR count). The minimum Gasteiger partial charge on any atom is -0.337 e. The molecule has 5 nitrogen and oxygen atoms in total. The predicted octanol–water partition coefficient (Wildman–Crippen LogP) is 4.49. The topological polar surface area (TPSA) is 59.2 Å². The molecule has 0 unspecified atom stereocenters. The third kappa shape index (κ3) is 3.46. The molecule has 1 aromatic carbocycles. The van der Waals surface area contributed by atoms with Crippen molar-refractivity contribution in [2.24, 2.45) is 5.41 Å². The molecule has 1 aliphatic heterocycles. The smallest absolute Gasteiger partial charge is 0.249 e. The van der Waals surface area contributed by atoms with Crippen molar-refractivity contribution in [3.63, 3.8) is 0 Å². The Balaban J connectivity index is 1.88. The number of carbonyl (C=O) groups is 1. The van der Waals surface area contributed by atoms with Gasteiger partial charge in [0.2, 0.25) is 17.6 Å². The summed E-state index contributed by atoms with van der Waals surface area (Å²) in [6.45, 7) is 6.54. The lowest BCUT2D eigenvalue weighted by molar-refractivity contribution is -0.144. The molecular formula is C18H22ClN3O2. The lowest BCUT2D eigenvalue weighted by atomic mass is 9.91. The van der Waals surface area contributed by atoms with Crippen molar-refractivity contribution < 1.29 is 9.32 Å². The van der Waals surface area contributed by atoms with Gasteiger partial charge in [-0.25, -0.2) is 0 Å². The molecule has 1 saturated heterocycles. The summed E-state index contributed by atoms with van der Waals surface area (Å²) in [4.78, 5) is 19.2. The van der Waals surface area contributed by atoms with E-state index in [0.29, 0.717) is 16.7 Å². The molecular weight excluding hydrogens is 326 g/mol. The van der Waals surface area contributed by atoms with Crippen LogP contribution in [-0.4, -0.2) is 27.5 Å². The maximum absolute atomic E-state index is 12.7. The summed E-state index contributed by atoms with van der Waals surface area (Å²) in [6, 6.07) is 7.20. The van der Waals surface area contributed by atoms with Crippen LogP contribution in [0.2, 0.25) is 5.02 Å². The van der Waals surface area contributed by atoms with Gasteiger partial charge in [0, 0.05) is 22.5 Å². The molecule has 0 spiro atoms. The van der Waals surface area contributed by atoms with Crippen LogP contribution in [0.5, 0.6) is 0 Å². The number of carbonyl (C=O) groups excluding carboxylic acids is 1. The van der Waals surface area contributed by atoms with Crippen LogP contribution in [0.4, 0.5) is 0 Å². The Labute approximate surface area is 147 Å². The number of piperidine rings is 1. The first kappa shape index (κ1) is 17.0. The summed E-state index contributed by atoms with van der Waals surface area (Å²) in [5, 5.41) is 4.70. The Kier molecular flexibility index (Phi) is 4.63. The fraction of sp³-hybridized carbons (Fsp3) is 0.500. The molecule has 1 fully saturated rings. The van der Waals surface area contributed by atoms with Gasteiger partial charge >= 0.3 is 0 Å². The quantitative estimate of drug-likeness (QED) is 0.803. The monoisotopic (exact) mass is 347 g/mol. The fourth-order valence-electron chi connectivity index (χ4n) is 2.98. The number of aromatic nitrogens is 2. The molecule has 1 atom stereocenters. The van der Waals surface area contributed by atoms with E-state index in [1.165, 1.54) is 0 Å². The Hall–Kier alpha value is -1.88. The number of nitrogens with zero attached hydrogens (tertiary/aromatic N) is 3. The number of amides is 1. The number of likely N-dealkylation sites (tertiary alicyclic amines) is 1. The first-order chi connectivity index (χ1) is 11.4. The van der Waals surface area contributed by atoms with Crippen LogP contribution in [0.15, 0.2) is 28.8 Å². The van der Waals surface area contributed by atoms with E-state index in [4.69, 9.17) is 16.1 Å². The Morgan fingerprint density at radius 3 is 2.83 bits per heavy atom. The standard InChI is InChI=1S/C18H22ClN3O2/c1-18(2,3)17(23)22-10-5-4-9-14(22)16-20-15(21-24-16)12-7-6-8-13(19)11-12/h6-8,11,14H,4-5,9-10H2,1-3H3/t14-/m0/s1. The van der Waals surface area contributed by atoms with Crippen molar-refractivity contribution in [3.8, 4) is 11.4 Å². The van der Waals surface area contributed by atoms with Gasteiger partial charge in [0.25, 0.3) is 0 Å². The van der Waals surface area contributed by atoms with Crippen LogP contribution >= 0.6 is 11.6 Å². The van der Waals surface area contributed by atoms with Crippen molar-refractivity contribution in [3.05, 3.63) is 35.2 Å². The largest absolute Gasteiger partial charge is 0.337 e. The van der Waals surface area contributed by atoms with Gasteiger partial charge < -0.3 is 9.42 Å². The van der Waals surface area contributed by atoms with E-state index in [1.54, 1.807) is 12.1 Å². The van der Waals surface area contributed by atoms with Gasteiger partial charge in [-0.2, -0.15) is 4.98 Å². The van der Waals surface area contributed by atoms with Gasteiger partial charge in [-0.1, -0.05) is 49.7 Å². The molecule has 2 aromatic rings. The Morgan fingerprint density at radius 1 is 1.33 bits per heavy atom. The second kappa shape index (κ2) is 6.55. The first-order valence-corrected chi connectivity index (χ1v) is 8.64. The number of halogens is 1. The molecule has 0 saturated carbocycles. The van der Waals surface area contributed by atoms with Crippen molar-refractivity contribution in [2.45, 2.75) is 46.1 Å². The third-order valence-electron chi connectivity index (χ3n) is 4.21. The minimum absolute atomic E-state index is 0.120. The minimum atomic E-state index is -0.425. The maximum atomic E-state index is 12.7. The van der Waals surface area contributed by atoms with Crippen LogP contribution in [0, 0.1) is 5.41 Å². The Morgan fingerprint density at radius 2 is 2.12 bits per heavy atom. The van der Waals surface area contributed by atoms with Crippen LogP contribution in [0.3, 0.4) is 0 Å². The van der Waals surface area contributed by atoms with E-state index in [2.05, 4.69) is 10.1 Å². The number of rotatable bonds is 2. The second-order valence-corrected chi connectivity index (χ2v) is 7.66. The highest BCUT2D eigenvalue weighted by atomic mass is 35.5. The summed E-state index contributed by atoms with van der Waals surface area (Å²) in [7, 11) is 0. The van der Waals surface area contributed by atoms with E-state index in [1.807, 2.05) is 37.8 Å². The zero-order valence-electron chi connectivity index (χ0n) is 14.3. The maximum Gasteiger partial charge on any atom is 0.249 e. The van der Waals surface area contributed by atoms with Gasteiger partial charge in [-0.05, 0) is 31.4 Å². The van der Waals surface area contributed by atoms with Crippen LogP contribution in [-0.2, 0) is 4.79 Å². The summed E-state index contributed by atoms with van der Waals surface area (Å²) in [5.74, 6) is 1.12. The van der Waals surface area contributed by atoms with Crippen molar-refractivity contribution in [1.82, 2.24) is 15.0 Å². The van der Waals surface area contributed by atoms with Crippen LogP contribution in [0.1, 0.15) is 52.0 Å². The molecule has 2 heterocycles. The molecule has 0 N–H and O–H groups in total. The molecule has 128 valence electrons. The first-order valence-electron chi connectivity index (χ1n) is 8.27. The Bertz CT molecular complexity index is 736. The average molecular weight is 348 g/mol. The number of hydrogen-bond donors (Lipinski definition) is 0. The fourth-order valence-corrected chi connectivity index (χ4v) is 3.17. The molecule has 1 aliphatic rings. The van der Waals surface area contributed by atoms with Crippen LogP contribution < -0.4 is 0 Å². The van der Waals surface area contributed by atoms with Crippen molar-refractivity contribution in [2.75, 3.05) is 6.54 Å². The van der Waals surface area contributed by atoms with Gasteiger partial charge in [0.15, 0.2) is 0 Å². The van der Waals surface area contributed by atoms with E-state index in [-0.39, 0.29) is 11.9 Å². The zero-order valence-corrected chi connectivity index (χ0v) is 15.0. The van der Waals surface area contributed by atoms with E-state index in [9.17, 15) is 4.79 Å². The summed E-state index contributed by atoms with van der Waals surface area (Å²) < 4.78 is 5.49. The zero-order chi connectivity index (χ0) is 17.3. The third-order valence-corrected chi connectivity index (χ3v) is 4.45. The van der Waals surface area contributed by atoms with E-state index in [0.717, 1.165) is 31.4 Å². The van der Waals surface area contributed by atoms with Gasteiger partial charge in [-0.3, -0.25) is 4.79 Å². The van der Waals surface area contributed by atoms with Gasteiger partial charge in [-0.15, -0.1) is 0 Å². The highest BCUT2D eigenvalue weighted by molar-refractivity contribution is 6.30. The lowest BCUT2D eigenvalue weighted by Crippen LogP contribution is -2.44. The molecule has 0 radical (unpaired) electrons. The lowest BCUT2D eigenvalue weighted by Gasteiger charge is -2.37. The van der Waals surface area contributed by atoms with Gasteiger partial charge in [0.1, 0.15) is 6.04 Å². The molecule has 1 aromatic heterocycles. The molecule has 24 heavy (non-hydrogen) atoms. The summed E-state index contributed by atoms with van der Waals surface area (Å²) in [6.07, 6.45) is 2.90.